The molecule has 1 aliphatic carbocycles. The summed E-state index contributed by atoms with van der Waals surface area (Å²) < 4.78 is 2.26. The van der Waals surface area contributed by atoms with Crippen LogP contribution in [0.25, 0.3) is 22.5 Å². The fourth-order valence-corrected chi connectivity index (χ4v) is 3.38. The smallest absolute Gasteiger partial charge is 0.229 e. The molecule has 2 aromatic carbocycles. The summed E-state index contributed by atoms with van der Waals surface area (Å²) in [4.78, 5) is 4.78. The lowest BCUT2D eigenvalue weighted by atomic mass is 10.0. The molecule has 3 aromatic rings. The Hall–Kier alpha value is -2.48. The highest BCUT2D eigenvalue weighted by Crippen LogP contribution is 2.34. The molecule has 0 spiro atoms. The van der Waals surface area contributed by atoms with E-state index in [-0.39, 0.29) is 0 Å². The summed E-state index contributed by atoms with van der Waals surface area (Å²) >= 11 is 0. The summed E-state index contributed by atoms with van der Waals surface area (Å²) in [5, 5.41) is 0. The Morgan fingerprint density at radius 3 is 2.64 bits per heavy atom. The van der Waals surface area contributed by atoms with Crippen LogP contribution in [-0.2, 0) is 13.5 Å². The average molecular weight is 287 g/mol. The molecule has 0 unspecified atom stereocenters. The molecule has 0 bridgehead atoms. The summed E-state index contributed by atoms with van der Waals surface area (Å²) in [7, 11) is 2.13. The number of hydrogen-bond donors (Lipinski definition) is 0. The molecule has 1 aromatic heterocycles. The average Bonchev–Trinajstić information content (AvgIpc) is 2.90. The van der Waals surface area contributed by atoms with Gasteiger partial charge in [0, 0.05) is 6.42 Å². The zero-order chi connectivity index (χ0) is 15.3. The minimum atomic E-state index is 0.988. The van der Waals surface area contributed by atoms with Gasteiger partial charge in [-0.25, -0.2) is 4.57 Å². The first-order chi connectivity index (χ1) is 10.6. The Bertz CT molecular complexity index is 894. The lowest BCUT2D eigenvalue weighted by molar-refractivity contribution is -0.669. The van der Waals surface area contributed by atoms with Crippen LogP contribution in [0.1, 0.15) is 22.4 Å². The van der Waals surface area contributed by atoms with Crippen LogP contribution in [0.3, 0.4) is 0 Å². The molecule has 108 valence electrons. The molecule has 0 radical (unpaired) electrons. The topological polar surface area (TPSA) is 16.8 Å². The van der Waals surface area contributed by atoms with Crippen molar-refractivity contribution in [2.24, 2.45) is 7.05 Å². The van der Waals surface area contributed by atoms with Crippen LogP contribution >= 0.6 is 0 Å². The minimum Gasteiger partial charge on any atom is -0.229 e. The SMILES string of the molecule is Cc1ccc(C)c(-c2ncc3c([n+]2C)Cc2ccccc2-3)c1. The second-order valence-corrected chi connectivity index (χ2v) is 6.15. The summed E-state index contributed by atoms with van der Waals surface area (Å²) in [5.41, 5.74) is 9.11. The second kappa shape index (κ2) is 4.77. The van der Waals surface area contributed by atoms with Gasteiger partial charge in [0.2, 0.25) is 0 Å². The summed E-state index contributed by atoms with van der Waals surface area (Å²) in [5.74, 6) is 1.05. The van der Waals surface area contributed by atoms with E-state index in [2.05, 4.69) is 67.9 Å². The lowest BCUT2D eigenvalue weighted by Gasteiger charge is -2.07. The zero-order valence-electron chi connectivity index (χ0n) is 13.2. The van der Waals surface area contributed by atoms with E-state index >= 15 is 0 Å². The van der Waals surface area contributed by atoms with Crippen LogP contribution in [0.5, 0.6) is 0 Å². The van der Waals surface area contributed by atoms with Crippen molar-refractivity contribution in [3.05, 3.63) is 71.0 Å². The molecule has 0 saturated heterocycles. The van der Waals surface area contributed by atoms with E-state index in [1.807, 2.05) is 6.20 Å². The molecule has 0 aliphatic heterocycles. The van der Waals surface area contributed by atoms with Crippen LogP contribution in [-0.4, -0.2) is 4.98 Å². The molecule has 0 saturated carbocycles. The molecule has 4 rings (SSSR count). The van der Waals surface area contributed by atoms with Crippen LogP contribution in [0.15, 0.2) is 48.7 Å². The van der Waals surface area contributed by atoms with Gasteiger partial charge in [-0.05, 0) is 41.6 Å². The van der Waals surface area contributed by atoms with Crippen molar-refractivity contribution in [2.45, 2.75) is 20.3 Å². The van der Waals surface area contributed by atoms with Crippen LogP contribution in [0, 0.1) is 13.8 Å². The number of rotatable bonds is 1. The summed E-state index contributed by atoms with van der Waals surface area (Å²) in [6.07, 6.45) is 3.03. The Morgan fingerprint density at radius 1 is 0.955 bits per heavy atom. The van der Waals surface area contributed by atoms with E-state index in [9.17, 15) is 0 Å². The first kappa shape index (κ1) is 13.2. The van der Waals surface area contributed by atoms with Crippen molar-refractivity contribution >= 4 is 0 Å². The highest BCUT2D eigenvalue weighted by molar-refractivity contribution is 5.74. The van der Waals surface area contributed by atoms with Gasteiger partial charge in [-0.3, -0.25) is 0 Å². The van der Waals surface area contributed by atoms with Crippen LogP contribution < -0.4 is 4.57 Å². The quantitative estimate of drug-likeness (QED) is 0.487. The molecule has 1 aliphatic rings. The Balaban J connectivity index is 1.92. The van der Waals surface area contributed by atoms with Crippen LogP contribution in [0.2, 0.25) is 0 Å². The van der Waals surface area contributed by atoms with Gasteiger partial charge in [-0.2, -0.15) is 0 Å². The Kier molecular flexibility index (Phi) is 2.86. The predicted octanol–water partition coefficient (Wildman–Crippen LogP) is 3.76. The van der Waals surface area contributed by atoms with E-state index in [1.165, 1.54) is 39.1 Å². The first-order valence-corrected chi connectivity index (χ1v) is 7.69. The third-order valence-corrected chi connectivity index (χ3v) is 4.65. The van der Waals surface area contributed by atoms with Crippen LogP contribution in [0.4, 0.5) is 0 Å². The van der Waals surface area contributed by atoms with Gasteiger partial charge in [0.25, 0.3) is 0 Å². The fraction of sp³-hybridized carbons (Fsp3) is 0.200. The lowest BCUT2D eigenvalue weighted by Crippen LogP contribution is -2.37. The van der Waals surface area contributed by atoms with Crippen molar-refractivity contribution in [3.63, 3.8) is 0 Å². The van der Waals surface area contributed by atoms with Gasteiger partial charge in [0.05, 0.1) is 18.2 Å². The van der Waals surface area contributed by atoms with Gasteiger partial charge in [0.1, 0.15) is 5.69 Å². The molecule has 22 heavy (non-hydrogen) atoms. The van der Waals surface area contributed by atoms with E-state index in [0.29, 0.717) is 0 Å². The zero-order valence-corrected chi connectivity index (χ0v) is 13.2. The third-order valence-electron chi connectivity index (χ3n) is 4.65. The van der Waals surface area contributed by atoms with Gasteiger partial charge in [-0.15, -0.1) is 0 Å². The van der Waals surface area contributed by atoms with Crippen molar-refractivity contribution in [2.75, 3.05) is 0 Å². The molecule has 0 fully saturated rings. The predicted molar refractivity (Wildman–Crippen MR) is 88.6 cm³/mol. The summed E-state index contributed by atoms with van der Waals surface area (Å²) in [6, 6.07) is 15.2. The molecular formula is C20H19N2+. The summed E-state index contributed by atoms with van der Waals surface area (Å²) in [6.45, 7) is 4.28. The van der Waals surface area contributed by atoms with E-state index in [0.717, 1.165) is 12.2 Å². The van der Waals surface area contributed by atoms with Crippen molar-refractivity contribution in [1.29, 1.82) is 0 Å². The van der Waals surface area contributed by atoms with Crippen molar-refractivity contribution in [3.8, 4) is 22.5 Å². The van der Waals surface area contributed by atoms with Gasteiger partial charge >= 0.3 is 5.82 Å². The number of aryl methyl sites for hydroxylation is 2. The van der Waals surface area contributed by atoms with Crippen molar-refractivity contribution < 1.29 is 4.57 Å². The van der Waals surface area contributed by atoms with Gasteiger partial charge in [0.15, 0.2) is 6.20 Å². The first-order valence-electron chi connectivity index (χ1n) is 7.69. The van der Waals surface area contributed by atoms with Gasteiger partial charge < -0.3 is 0 Å². The molecule has 0 N–H and O–H groups in total. The fourth-order valence-electron chi connectivity index (χ4n) is 3.38. The maximum absolute atomic E-state index is 4.78. The molecule has 2 nitrogen and oxygen atoms in total. The molecular weight excluding hydrogens is 268 g/mol. The maximum Gasteiger partial charge on any atom is 0.330 e. The molecule has 0 atom stereocenters. The monoisotopic (exact) mass is 287 g/mol. The molecule has 2 heteroatoms. The number of nitrogens with zero attached hydrogens (tertiary/aromatic N) is 2. The molecule has 0 amide bonds. The van der Waals surface area contributed by atoms with E-state index in [1.54, 1.807) is 0 Å². The Labute approximate surface area is 131 Å². The number of aromatic nitrogens is 2. The number of fused-ring (bicyclic) bond motifs is 3. The van der Waals surface area contributed by atoms with Gasteiger partial charge in [-0.1, -0.05) is 42.0 Å². The van der Waals surface area contributed by atoms with Crippen molar-refractivity contribution in [1.82, 2.24) is 4.98 Å². The standard InChI is InChI=1S/C20H19N2/c1-13-8-9-14(2)17(10-13)20-21-12-18-16-7-5-4-6-15(16)11-19(18)22(20)3/h4-10,12H,11H2,1-3H3/q+1. The minimum absolute atomic E-state index is 0.988. The van der Waals surface area contributed by atoms with E-state index < -0.39 is 0 Å². The Morgan fingerprint density at radius 2 is 1.77 bits per heavy atom. The largest absolute Gasteiger partial charge is 0.330 e. The number of hydrogen-bond acceptors (Lipinski definition) is 1. The van der Waals surface area contributed by atoms with E-state index in [4.69, 9.17) is 4.98 Å². The third kappa shape index (κ3) is 1.87. The number of benzene rings is 2. The highest BCUT2D eigenvalue weighted by Gasteiger charge is 2.28. The highest BCUT2D eigenvalue weighted by atomic mass is 15.0. The molecule has 1 heterocycles. The second-order valence-electron chi connectivity index (χ2n) is 6.15. The normalized spacial score (nSPS) is 12.1. The maximum atomic E-state index is 4.78.